The van der Waals surface area contributed by atoms with Crippen molar-refractivity contribution in [1.29, 1.82) is 0 Å². The Morgan fingerprint density at radius 1 is 1.28 bits per heavy atom. The van der Waals surface area contributed by atoms with Crippen molar-refractivity contribution in [3.05, 3.63) is 29.3 Å². The number of nitrogens with zero attached hydrogens (tertiary/aromatic N) is 1. The quantitative estimate of drug-likeness (QED) is 0.884. The first-order valence-corrected chi connectivity index (χ1v) is 6.97. The lowest BCUT2D eigenvalue weighted by molar-refractivity contribution is -0.130. The Morgan fingerprint density at radius 2 is 2.11 bits per heavy atom. The highest BCUT2D eigenvalue weighted by Crippen LogP contribution is 2.26. The van der Waals surface area contributed by atoms with Gasteiger partial charge >= 0.3 is 0 Å². The number of rotatable bonds is 3. The molecule has 0 aromatic heterocycles. The second-order valence-electron chi connectivity index (χ2n) is 5.21. The van der Waals surface area contributed by atoms with Gasteiger partial charge in [0.2, 0.25) is 5.91 Å². The lowest BCUT2D eigenvalue weighted by Gasteiger charge is -2.15. The SMILES string of the molecule is O=C(CCc1cccc2c1CCN2)N1CCCC1. The summed E-state index contributed by atoms with van der Waals surface area (Å²) in [6, 6.07) is 6.39. The molecular formula is C15H20N2O. The highest BCUT2D eigenvalue weighted by atomic mass is 16.2. The van der Waals surface area contributed by atoms with Gasteiger partial charge in [-0.05, 0) is 42.9 Å². The van der Waals surface area contributed by atoms with Gasteiger partial charge in [-0.3, -0.25) is 4.79 Å². The Kier molecular flexibility index (Phi) is 3.22. The summed E-state index contributed by atoms with van der Waals surface area (Å²) in [6.07, 6.45) is 5.01. The first-order chi connectivity index (χ1) is 8.84. The molecule has 2 heterocycles. The van der Waals surface area contributed by atoms with Crippen LogP contribution in [0.25, 0.3) is 0 Å². The molecule has 1 saturated heterocycles. The molecule has 0 radical (unpaired) electrons. The molecule has 1 amide bonds. The highest BCUT2D eigenvalue weighted by Gasteiger charge is 2.19. The maximum atomic E-state index is 12.0. The molecule has 3 heteroatoms. The van der Waals surface area contributed by atoms with E-state index in [9.17, 15) is 4.79 Å². The molecule has 0 bridgehead atoms. The Hall–Kier alpha value is -1.51. The van der Waals surface area contributed by atoms with E-state index in [0.29, 0.717) is 12.3 Å². The third-order valence-corrected chi connectivity index (χ3v) is 4.03. The van der Waals surface area contributed by atoms with Crippen LogP contribution in [0.1, 0.15) is 30.4 Å². The molecule has 3 nitrogen and oxygen atoms in total. The number of amides is 1. The number of aryl methyl sites for hydroxylation is 1. The van der Waals surface area contributed by atoms with Gasteiger partial charge in [-0.15, -0.1) is 0 Å². The van der Waals surface area contributed by atoms with Crippen LogP contribution in [0.3, 0.4) is 0 Å². The standard InChI is InChI=1S/C15H20N2O/c18-15(17-10-1-2-11-17)7-6-12-4-3-5-14-13(12)8-9-16-14/h3-5,16H,1-2,6-11H2. The van der Waals surface area contributed by atoms with Gasteiger partial charge in [0.05, 0.1) is 0 Å². The van der Waals surface area contributed by atoms with Crippen LogP contribution in [-0.4, -0.2) is 30.4 Å². The van der Waals surface area contributed by atoms with Gasteiger partial charge in [0, 0.05) is 31.7 Å². The van der Waals surface area contributed by atoms with Crippen LogP contribution < -0.4 is 5.32 Å². The number of hydrogen-bond donors (Lipinski definition) is 1. The summed E-state index contributed by atoms with van der Waals surface area (Å²) in [5, 5.41) is 3.39. The fraction of sp³-hybridized carbons (Fsp3) is 0.533. The second-order valence-corrected chi connectivity index (χ2v) is 5.21. The van der Waals surface area contributed by atoms with Crippen LogP contribution in [0, 0.1) is 0 Å². The van der Waals surface area contributed by atoms with Crippen molar-refractivity contribution in [2.24, 2.45) is 0 Å². The fourth-order valence-corrected chi connectivity index (χ4v) is 3.02. The van der Waals surface area contributed by atoms with Crippen LogP contribution in [0.5, 0.6) is 0 Å². The van der Waals surface area contributed by atoms with Crippen molar-refractivity contribution >= 4 is 11.6 Å². The molecule has 1 aromatic rings. The number of carbonyl (C=O) groups excluding carboxylic acids is 1. The lowest BCUT2D eigenvalue weighted by Crippen LogP contribution is -2.27. The Morgan fingerprint density at radius 3 is 2.94 bits per heavy atom. The molecule has 3 rings (SSSR count). The average Bonchev–Trinajstić information content (AvgIpc) is 3.05. The zero-order chi connectivity index (χ0) is 12.4. The van der Waals surface area contributed by atoms with Crippen molar-refractivity contribution in [2.45, 2.75) is 32.1 Å². The monoisotopic (exact) mass is 244 g/mol. The molecule has 1 aromatic carbocycles. The molecule has 96 valence electrons. The van der Waals surface area contributed by atoms with E-state index in [1.165, 1.54) is 29.7 Å². The fourth-order valence-electron chi connectivity index (χ4n) is 3.02. The largest absolute Gasteiger partial charge is 0.384 e. The second kappa shape index (κ2) is 5.01. The van der Waals surface area contributed by atoms with E-state index in [0.717, 1.165) is 32.5 Å². The van der Waals surface area contributed by atoms with E-state index in [2.05, 4.69) is 23.5 Å². The summed E-state index contributed by atoms with van der Waals surface area (Å²) in [6.45, 7) is 2.97. The van der Waals surface area contributed by atoms with Crippen LogP contribution in [0.15, 0.2) is 18.2 Å². The summed E-state index contributed by atoms with van der Waals surface area (Å²) in [4.78, 5) is 14.0. The van der Waals surface area contributed by atoms with Gasteiger partial charge in [0.15, 0.2) is 0 Å². The minimum atomic E-state index is 0.330. The minimum Gasteiger partial charge on any atom is -0.384 e. The Balaban J connectivity index is 1.63. The van der Waals surface area contributed by atoms with Crippen molar-refractivity contribution in [2.75, 3.05) is 25.0 Å². The number of likely N-dealkylation sites (tertiary alicyclic amines) is 1. The normalized spacial score (nSPS) is 17.7. The number of anilines is 1. The van der Waals surface area contributed by atoms with Crippen molar-refractivity contribution in [3.8, 4) is 0 Å². The molecule has 0 saturated carbocycles. The first-order valence-electron chi connectivity index (χ1n) is 6.97. The van der Waals surface area contributed by atoms with Crippen LogP contribution in [-0.2, 0) is 17.6 Å². The molecule has 2 aliphatic heterocycles. The van der Waals surface area contributed by atoms with E-state index in [4.69, 9.17) is 0 Å². The molecule has 2 aliphatic rings. The summed E-state index contributed by atoms with van der Waals surface area (Å²) >= 11 is 0. The number of carbonyl (C=O) groups is 1. The van der Waals surface area contributed by atoms with Gasteiger partial charge in [0.25, 0.3) is 0 Å². The van der Waals surface area contributed by atoms with Gasteiger partial charge in [-0.25, -0.2) is 0 Å². The highest BCUT2D eigenvalue weighted by molar-refractivity contribution is 5.77. The molecule has 0 unspecified atom stereocenters. The summed E-state index contributed by atoms with van der Waals surface area (Å²) in [7, 11) is 0. The summed E-state index contributed by atoms with van der Waals surface area (Å²) in [5.74, 6) is 0.330. The molecule has 0 atom stereocenters. The van der Waals surface area contributed by atoms with E-state index < -0.39 is 0 Å². The zero-order valence-electron chi connectivity index (χ0n) is 10.7. The predicted octanol–water partition coefficient (Wildman–Crippen LogP) is 2.21. The van der Waals surface area contributed by atoms with Crippen LogP contribution in [0.4, 0.5) is 5.69 Å². The minimum absolute atomic E-state index is 0.330. The van der Waals surface area contributed by atoms with E-state index in [-0.39, 0.29) is 0 Å². The molecule has 0 spiro atoms. The zero-order valence-corrected chi connectivity index (χ0v) is 10.7. The van der Waals surface area contributed by atoms with Gasteiger partial charge < -0.3 is 10.2 Å². The third-order valence-electron chi connectivity index (χ3n) is 4.03. The lowest BCUT2D eigenvalue weighted by atomic mass is 10.0. The number of hydrogen-bond acceptors (Lipinski definition) is 2. The Bertz CT molecular complexity index is 450. The number of nitrogens with one attached hydrogen (secondary N) is 1. The average molecular weight is 244 g/mol. The van der Waals surface area contributed by atoms with Crippen molar-refractivity contribution in [1.82, 2.24) is 4.90 Å². The molecule has 18 heavy (non-hydrogen) atoms. The van der Waals surface area contributed by atoms with Crippen LogP contribution in [0.2, 0.25) is 0 Å². The van der Waals surface area contributed by atoms with E-state index in [1.54, 1.807) is 0 Å². The summed E-state index contributed by atoms with van der Waals surface area (Å²) in [5.41, 5.74) is 4.04. The van der Waals surface area contributed by atoms with Gasteiger partial charge in [-0.2, -0.15) is 0 Å². The molecule has 0 aliphatic carbocycles. The summed E-state index contributed by atoms with van der Waals surface area (Å²) < 4.78 is 0. The van der Waals surface area contributed by atoms with Crippen molar-refractivity contribution in [3.63, 3.8) is 0 Å². The van der Waals surface area contributed by atoms with E-state index >= 15 is 0 Å². The topological polar surface area (TPSA) is 32.3 Å². The maximum Gasteiger partial charge on any atom is 0.222 e. The molecular weight excluding hydrogens is 224 g/mol. The predicted molar refractivity (Wildman–Crippen MR) is 72.8 cm³/mol. The van der Waals surface area contributed by atoms with Gasteiger partial charge in [0.1, 0.15) is 0 Å². The third kappa shape index (κ3) is 2.22. The van der Waals surface area contributed by atoms with E-state index in [1.807, 2.05) is 4.90 Å². The molecule has 1 N–H and O–H groups in total. The number of fused-ring (bicyclic) bond motifs is 1. The number of benzene rings is 1. The van der Waals surface area contributed by atoms with Gasteiger partial charge in [-0.1, -0.05) is 12.1 Å². The first kappa shape index (κ1) is 11.6. The smallest absolute Gasteiger partial charge is 0.222 e. The van der Waals surface area contributed by atoms with Crippen molar-refractivity contribution < 1.29 is 4.79 Å². The van der Waals surface area contributed by atoms with Crippen LogP contribution >= 0.6 is 0 Å². The molecule has 1 fully saturated rings. The maximum absolute atomic E-state index is 12.0. The Labute approximate surface area is 108 Å².